The Bertz CT molecular complexity index is 949. The largest absolute Gasteiger partial charge is 0.355 e. The SMILES string of the molecule is CCNC(=O)[C@@H](Cc1ccccc1)N(Cc1ccccc1)C(=O)CSc1ccccc1. The number of carbonyl (C=O) groups excluding carboxylic acids is 2. The minimum atomic E-state index is -0.577. The lowest BCUT2D eigenvalue weighted by Gasteiger charge is -2.31. The molecule has 0 aliphatic rings. The van der Waals surface area contributed by atoms with Gasteiger partial charge in [0.05, 0.1) is 5.75 Å². The van der Waals surface area contributed by atoms with Gasteiger partial charge in [-0.2, -0.15) is 0 Å². The Morgan fingerprint density at radius 3 is 1.97 bits per heavy atom. The number of amides is 2. The lowest BCUT2D eigenvalue weighted by Crippen LogP contribution is -2.51. The summed E-state index contributed by atoms with van der Waals surface area (Å²) in [6, 6.07) is 29.0. The fourth-order valence-electron chi connectivity index (χ4n) is 3.37. The summed E-state index contributed by atoms with van der Waals surface area (Å²) in [6.45, 7) is 2.81. The fourth-order valence-corrected chi connectivity index (χ4v) is 4.18. The van der Waals surface area contributed by atoms with E-state index in [0.717, 1.165) is 16.0 Å². The predicted molar refractivity (Wildman–Crippen MR) is 127 cm³/mol. The van der Waals surface area contributed by atoms with Crippen molar-refractivity contribution in [1.29, 1.82) is 0 Å². The van der Waals surface area contributed by atoms with E-state index in [1.807, 2.05) is 97.9 Å². The van der Waals surface area contributed by atoms with Gasteiger partial charge in [0.2, 0.25) is 11.8 Å². The molecule has 0 saturated heterocycles. The van der Waals surface area contributed by atoms with E-state index in [9.17, 15) is 9.59 Å². The van der Waals surface area contributed by atoms with E-state index in [1.165, 1.54) is 11.8 Å². The molecule has 0 saturated carbocycles. The van der Waals surface area contributed by atoms with E-state index in [1.54, 1.807) is 4.90 Å². The summed E-state index contributed by atoms with van der Waals surface area (Å²) >= 11 is 1.49. The van der Waals surface area contributed by atoms with Crippen LogP contribution in [0.1, 0.15) is 18.1 Å². The molecule has 31 heavy (non-hydrogen) atoms. The van der Waals surface area contributed by atoms with Crippen LogP contribution in [0.2, 0.25) is 0 Å². The van der Waals surface area contributed by atoms with Gasteiger partial charge in [-0.15, -0.1) is 11.8 Å². The Morgan fingerprint density at radius 2 is 1.39 bits per heavy atom. The maximum absolute atomic E-state index is 13.4. The lowest BCUT2D eigenvalue weighted by atomic mass is 10.0. The molecule has 4 nitrogen and oxygen atoms in total. The second-order valence-corrected chi connectivity index (χ2v) is 8.26. The molecule has 0 fully saturated rings. The van der Waals surface area contributed by atoms with Crippen molar-refractivity contribution >= 4 is 23.6 Å². The molecule has 0 radical (unpaired) electrons. The number of carbonyl (C=O) groups is 2. The normalized spacial score (nSPS) is 11.5. The maximum atomic E-state index is 13.4. The zero-order valence-electron chi connectivity index (χ0n) is 17.7. The van der Waals surface area contributed by atoms with Crippen LogP contribution in [-0.4, -0.2) is 35.1 Å². The van der Waals surface area contributed by atoms with Crippen LogP contribution in [0, 0.1) is 0 Å². The molecular weight excluding hydrogens is 404 g/mol. The molecule has 0 aromatic heterocycles. The van der Waals surface area contributed by atoms with Crippen LogP contribution in [0.25, 0.3) is 0 Å². The second-order valence-electron chi connectivity index (χ2n) is 7.21. The molecule has 0 heterocycles. The van der Waals surface area contributed by atoms with E-state index in [0.29, 0.717) is 19.5 Å². The highest BCUT2D eigenvalue weighted by atomic mass is 32.2. The molecule has 160 valence electrons. The summed E-state index contributed by atoms with van der Waals surface area (Å²) in [4.78, 5) is 29.2. The second kappa shape index (κ2) is 12.0. The van der Waals surface area contributed by atoms with Gasteiger partial charge >= 0.3 is 0 Å². The van der Waals surface area contributed by atoms with Gasteiger partial charge in [-0.1, -0.05) is 78.9 Å². The van der Waals surface area contributed by atoms with Crippen LogP contribution >= 0.6 is 11.8 Å². The highest BCUT2D eigenvalue weighted by molar-refractivity contribution is 8.00. The highest BCUT2D eigenvalue weighted by Gasteiger charge is 2.30. The quantitative estimate of drug-likeness (QED) is 0.478. The van der Waals surface area contributed by atoms with Crippen molar-refractivity contribution in [3.8, 4) is 0 Å². The third-order valence-electron chi connectivity index (χ3n) is 4.92. The van der Waals surface area contributed by atoms with E-state index >= 15 is 0 Å². The van der Waals surface area contributed by atoms with Crippen LogP contribution in [0.4, 0.5) is 0 Å². The highest BCUT2D eigenvalue weighted by Crippen LogP contribution is 2.20. The zero-order chi connectivity index (χ0) is 21.9. The first kappa shape index (κ1) is 22.6. The molecule has 3 aromatic carbocycles. The average Bonchev–Trinajstić information content (AvgIpc) is 2.82. The number of nitrogens with zero attached hydrogens (tertiary/aromatic N) is 1. The molecule has 0 aliphatic heterocycles. The van der Waals surface area contributed by atoms with Crippen LogP contribution in [0.3, 0.4) is 0 Å². The van der Waals surface area contributed by atoms with Gasteiger partial charge in [0.15, 0.2) is 0 Å². The van der Waals surface area contributed by atoms with Crippen LogP contribution in [0.5, 0.6) is 0 Å². The van der Waals surface area contributed by atoms with Gasteiger partial charge < -0.3 is 10.2 Å². The summed E-state index contributed by atoms with van der Waals surface area (Å²) in [5, 5.41) is 2.92. The molecule has 0 aliphatic carbocycles. The Morgan fingerprint density at radius 1 is 0.839 bits per heavy atom. The smallest absolute Gasteiger partial charge is 0.243 e. The minimum absolute atomic E-state index is 0.0510. The number of likely N-dealkylation sites (N-methyl/N-ethyl adjacent to an activating group) is 1. The first-order valence-corrected chi connectivity index (χ1v) is 11.5. The van der Waals surface area contributed by atoms with Gasteiger partial charge in [0.1, 0.15) is 6.04 Å². The van der Waals surface area contributed by atoms with Gasteiger partial charge in [0.25, 0.3) is 0 Å². The number of benzene rings is 3. The summed E-state index contributed by atoms with van der Waals surface area (Å²) in [6.07, 6.45) is 0.473. The van der Waals surface area contributed by atoms with E-state index in [2.05, 4.69) is 5.32 Å². The van der Waals surface area contributed by atoms with Crippen LogP contribution in [-0.2, 0) is 22.6 Å². The number of thioether (sulfide) groups is 1. The summed E-state index contributed by atoms with van der Waals surface area (Å²) in [5.74, 6) is 0.104. The molecular formula is C26H28N2O2S. The Labute approximate surface area is 188 Å². The van der Waals surface area contributed by atoms with Crippen molar-refractivity contribution in [2.24, 2.45) is 0 Å². The first-order valence-electron chi connectivity index (χ1n) is 10.5. The van der Waals surface area contributed by atoms with Crippen LogP contribution < -0.4 is 5.32 Å². The van der Waals surface area contributed by atoms with Gasteiger partial charge in [-0.3, -0.25) is 9.59 Å². The van der Waals surface area contributed by atoms with Gasteiger partial charge in [-0.25, -0.2) is 0 Å². The van der Waals surface area contributed by atoms with Gasteiger partial charge in [-0.05, 0) is 30.2 Å². The Balaban J connectivity index is 1.86. The first-order chi connectivity index (χ1) is 15.2. The topological polar surface area (TPSA) is 49.4 Å². The van der Waals surface area contributed by atoms with Crippen molar-refractivity contribution in [3.05, 3.63) is 102 Å². The lowest BCUT2D eigenvalue weighted by molar-refractivity contribution is -0.139. The van der Waals surface area contributed by atoms with E-state index in [-0.39, 0.29) is 17.6 Å². The summed E-state index contributed by atoms with van der Waals surface area (Å²) < 4.78 is 0. The number of hydrogen-bond donors (Lipinski definition) is 1. The monoisotopic (exact) mass is 432 g/mol. The molecule has 3 aromatic rings. The summed E-state index contributed by atoms with van der Waals surface area (Å²) in [5.41, 5.74) is 2.03. The molecule has 0 spiro atoms. The molecule has 0 bridgehead atoms. The maximum Gasteiger partial charge on any atom is 0.243 e. The molecule has 5 heteroatoms. The van der Waals surface area contributed by atoms with Crippen molar-refractivity contribution in [3.63, 3.8) is 0 Å². The fraction of sp³-hybridized carbons (Fsp3) is 0.231. The Hall–Kier alpha value is -3.05. The van der Waals surface area contributed by atoms with E-state index in [4.69, 9.17) is 0 Å². The molecule has 1 atom stereocenters. The molecule has 0 unspecified atom stereocenters. The zero-order valence-corrected chi connectivity index (χ0v) is 18.6. The number of rotatable bonds is 10. The standard InChI is InChI=1S/C26H28N2O2S/c1-2-27-26(30)24(18-21-12-6-3-7-13-21)28(19-22-14-8-4-9-15-22)25(29)20-31-23-16-10-5-11-17-23/h3-17,24H,2,18-20H2,1H3,(H,27,30)/t24-/m1/s1. The number of nitrogens with one attached hydrogen (secondary N) is 1. The van der Waals surface area contributed by atoms with Crippen molar-refractivity contribution < 1.29 is 9.59 Å². The van der Waals surface area contributed by atoms with Crippen molar-refractivity contribution in [2.45, 2.75) is 30.8 Å². The minimum Gasteiger partial charge on any atom is -0.355 e. The van der Waals surface area contributed by atoms with E-state index < -0.39 is 6.04 Å². The molecule has 3 rings (SSSR count). The van der Waals surface area contributed by atoms with Crippen LogP contribution in [0.15, 0.2) is 95.9 Å². The van der Waals surface area contributed by atoms with Gasteiger partial charge in [0, 0.05) is 24.4 Å². The Kier molecular flexibility index (Phi) is 8.73. The summed E-state index contributed by atoms with van der Waals surface area (Å²) in [7, 11) is 0. The third kappa shape index (κ3) is 7.00. The van der Waals surface area contributed by atoms with Crippen molar-refractivity contribution in [1.82, 2.24) is 10.2 Å². The predicted octanol–water partition coefficient (Wildman–Crippen LogP) is 4.55. The number of hydrogen-bond acceptors (Lipinski definition) is 3. The third-order valence-corrected chi connectivity index (χ3v) is 5.92. The average molecular weight is 433 g/mol. The molecule has 2 amide bonds. The van der Waals surface area contributed by atoms with Crippen molar-refractivity contribution in [2.75, 3.05) is 12.3 Å². The molecule has 1 N–H and O–H groups in total.